The monoisotopic (exact) mass is 347 g/mol. The van der Waals surface area contributed by atoms with Crippen molar-refractivity contribution in [1.82, 2.24) is 9.80 Å². The van der Waals surface area contributed by atoms with Crippen LogP contribution in [-0.2, 0) is 11.2 Å². The fourth-order valence-corrected chi connectivity index (χ4v) is 2.84. The van der Waals surface area contributed by atoms with E-state index in [-0.39, 0.29) is 12.0 Å². The molecule has 0 fully saturated rings. The lowest BCUT2D eigenvalue weighted by atomic mass is 9.98. The predicted octanol–water partition coefficient (Wildman–Crippen LogP) is 2.98. The summed E-state index contributed by atoms with van der Waals surface area (Å²) in [7, 11) is 3.60. The second-order valence-corrected chi connectivity index (χ2v) is 7.42. The zero-order valence-corrected chi connectivity index (χ0v) is 15.9. The highest BCUT2D eigenvalue weighted by atomic mass is 16.6. The third-order valence-corrected chi connectivity index (χ3v) is 4.19. The summed E-state index contributed by atoms with van der Waals surface area (Å²) in [5.74, 6) is 0.0730. The molecule has 0 atom stereocenters. The van der Waals surface area contributed by atoms with Crippen LogP contribution in [0.15, 0.2) is 18.2 Å². The van der Waals surface area contributed by atoms with Gasteiger partial charge in [0.05, 0.1) is 0 Å². The molecule has 6 nitrogen and oxygen atoms in total. The lowest BCUT2D eigenvalue weighted by Crippen LogP contribution is -2.40. The van der Waals surface area contributed by atoms with E-state index in [4.69, 9.17) is 4.74 Å². The number of nitrogens with zero attached hydrogens (tertiary/aromatic N) is 2. The van der Waals surface area contributed by atoms with Crippen molar-refractivity contribution in [1.29, 1.82) is 0 Å². The average Bonchev–Trinajstić information content (AvgIpc) is 2.54. The van der Waals surface area contributed by atoms with E-state index in [1.54, 1.807) is 11.9 Å². The highest BCUT2D eigenvalue weighted by molar-refractivity contribution is 5.97. The lowest BCUT2D eigenvalue weighted by molar-refractivity contribution is 0.0293. The summed E-state index contributed by atoms with van der Waals surface area (Å²) in [6.45, 7) is 7.46. The van der Waals surface area contributed by atoms with Crippen molar-refractivity contribution < 1.29 is 14.3 Å². The maximum Gasteiger partial charge on any atom is 0.410 e. The first-order valence-electron chi connectivity index (χ1n) is 8.75. The Labute approximate surface area is 150 Å². The Morgan fingerprint density at radius 2 is 2.08 bits per heavy atom. The van der Waals surface area contributed by atoms with Crippen molar-refractivity contribution in [2.75, 3.05) is 39.0 Å². The third kappa shape index (κ3) is 5.11. The second-order valence-electron chi connectivity index (χ2n) is 7.42. The molecule has 1 N–H and O–H groups in total. The first-order chi connectivity index (χ1) is 11.7. The van der Waals surface area contributed by atoms with Crippen LogP contribution >= 0.6 is 0 Å². The zero-order valence-electron chi connectivity index (χ0n) is 15.9. The number of nitrogens with one attached hydrogen (secondary N) is 1. The molecule has 0 radical (unpaired) electrons. The van der Waals surface area contributed by atoms with Gasteiger partial charge in [-0.05, 0) is 57.4 Å². The van der Waals surface area contributed by atoms with Gasteiger partial charge in [-0.25, -0.2) is 4.79 Å². The number of amides is 2. The van der Waals surface area contributed by atoms with E-state index in [0.717, 1.165) is 36.2 Å². The molecule has 0 unspecified atom stereocenters. The van der Waals surface area contributed by atoms with Gasteiger partial charge < -0.3 is 19.9 Å². The highest BCUT2D eigenvalue weighted by Crippen LogP contribution is 2.22. The summed E-state index contributed by atoms with van der Waals surface area (Å²) in [6.07, 6.45) is 1.26. The second kappa shape index (κ2) is 7.76. The summed E-state index contributed by atoms with van der Waals surface area (Å²) < 4.78 is 5.33. The van der Waals surface area contributed by atoms with E-state index < -0.39 is 5.60 Å². The van der Waals surface area contributed by atoms with Crippen molar-refractivity contribution in [2.24, 2.45) is 0 Å². The number of carbonyl (C=O) groups is 2. The van der Waals surface area contributed by atoms with E-state index >= 15 is 0 Å². The zero-order chi connectivity index (χ0) is 18.6. The number of fused-ring (bicyclic) bond motifs is 1. The van der Waals surface area contributed by atoms with Crippen LogP contribution in [0.1, 0.15) is 43.1 Å². The van der Waals surface area contributed by atoms with Crippen LogP contribution in [0, 0.1) is 0 Å². The molecule has 0 saturated heterocycles. The predicted molar refractivity (Wildman–Crippen MR) is 99.1 cm³/mol. The van der Waals surface area contributed by atoms with Gasteiger partial charge in [-0.15, -0.1) is 0 Å². The number of hydrogen-bond donors (Lipinski definition) is 1. The fraction of sp³-hybridized carbons (Fsp3) is 0.579. The molecule has 2 rings (SSSR count). The molecule has 0 bridgehead atoms. The summed E-state index contributed by atoms with van der Waals surface area (Å²) in [4.78, 5) is 28.0. The van der Waals surface area contributed by atoms with E-state index in [1.165, 1.54) is 0 Å². The molecular formula is C19H29N3O3. The molecule has 2 amide bonds. The molecule has 1 aromatic rings. The summed E-state index contributed by atoms with van der Waals surface area (Å²) in [5, 5.41) is 3.10. The minimum Gasteiger partial charge on any atom is -0.444 e. The van der Waals surface area contributed by atoms with E-state index in [2.05, 4.69) is 5.32 Å². The van der Waals surface area contributed by atoms with Crippen LogP contribution in [-0.4, -0.2) is 61.1 Å². The smallest absolute Gasteiger partial charge is 0.410 e. The molecule has 1 aliphatic heterocycles. The van der Waals surface area contributed by atoms with Crippen LogP contribution in [0.4, 0.5) is 10.5 Å². The SMILES string of the molecule is CNc1ccc2c(c1)CCN(CCCN(C)C(=O)OC(C)(C)C)C2=O. The Bertz CT molecular complexity index is 637. The van der Waals surface area contributed by atoms with Gasteiger partial charge in [0.15, 0.2) is 0 Å². The van der Waals surface area contributed by atoms with Crippen LogP contribution in [0.25, 0.3) is 0 Å². The largest absolute Gasteiger partial charge is 0.444 e. The Morgan fingerprint density at radius 1 is 1.36 bits per heavy atom. The van der Waals surface area contributed by atoms with Crippen molar-refractivity contribution in [2.45, 2.75) is 39.2 Å². The van der Waals surface area contributed by atoms with E-state index in [9.17, 15) is 9.59 Å². The van der Waals surface area contributed by atoms with Gasteiger partial charge in [0, 0.05) is 45.0 Å². The number of carbonyl (C=O) groups excluding carboxylic acids is 2. The number of rotatable bonds is 5. The van der Waals surface area contributed by atoms with E-state index in [1.807, 2.05) is 50.9 Å². The molecule has 1 aliphatic rings. The van der Waals surface area contributed by atoms with E-state index in [0.29, 0.717) is 13.1 Å². The van der Waals surface area contributed by atoms with Gasteiger partial charge in [-0.1, -0.05) is 0 Å². The Hall–Kier alpha value is -2.24. The minimum atomic E-state index is -0.496. The standard InChI is InChI=1S/C19H29N3O3/c1-19(2,3)25-18(24)21(5)10-6-11-22-12-9-14-13-15(20-4)7-8-16(14)17(22)23/h7-8,13,20H,6,9-12H2,1-5H3. The molecule has 138 valence electrons. The van der Waals surface area contributed by atoms with Crippen molar-refractivity contribution in [3.63, 3.8) is 0 Å². The highest BCUT2D eigenvalue weighted by Gasteiger charge is 2.24. The van der Waals surface area contributed by atoms with Crippen molar-refractivity contribution in [3.8, 4) is 0 Å². The fourth-order valence-electron chi connectivity index (χ4n) is 2.84. The quantitative estimate of drug-likeness (QED) is 0.889. The molecule has 1 aromatic carbocycles. The Kier molecular flexibility index (Phi) is 5.93. The Balaban J connectivity index is 1.86. The van der Waals surface area contributed by atoms with Crippen molar-refractivity contribution >= 4 is 17.7 Å². The Morgan fingerprint density at radius 3 is 2.72 bits per heavy atom. The van der Waals surface area contributed by atoms with Gasteiger partial charge in [0.2, 0.25) is 0 Å². The molecule has 0 aliphatic carbocycles. The number of ether oxygens (including phenoxy) is 1. The lowest BCUT2D eigenvalue weighted by Gasteiger charge is -2.30. The average molecular weight is 347 g/mol. The van der Waals surface area contributed by atoms with Crippen molar-refractivity contribution in [3.05, 3.63) is 29.3 Å². The molecule has 6 heteroatoms. The molecule has 25 heavy (non-hydrogen) atoms. The normalized spacial score (nSPS) is 14.1. The molecular weight excluding hydrogens is 318 g/mol. The van der Waals surface area contributed by atoms with Gasteiger partial charge >= 0.3 is 6.09 Å². The summed E-state index contributed by atoms with van der Waals surface area (Å²) in [6, 6.07) is 5.86. The third-order valence-electron chi connectivity index (χ3n) is 4.19. The maximum absolute atomic E-state index is 12.6. The van der Waals surface area contributed by atoms with Crippen LogP contribution in [0.3, 0.4) is 0 Å². The molecule has 0 aromatic heterocycles. The van der Waals surface area contributed by atoms with Gasteiger partial charge in [0.1, 0.15) is 5.60 Å². The number of anilines is 1. The van der Waals surface area contributed by atoms with Gasteiger partial charge in [-0.2, -0.15) is 0 Å². The van der Waals surface area contributed by atoms with Crippen LogP contribution in [0.2, 0.25) is 0 Å². The van der Waals surface area contributed by atoms with Crippen LogP contribution < -0.4 is 5.32 Å². The molecule has 0 saturated carbocycles. The number of benzene rings is 1. The number of hydrogen-bond acceptors (Lipinski definition) is 4. The van der Waals surface area contributed by atoms with Gasteiger partial charge in [-0.3, -0.25) is 4.79 Å². The first-order valence-corrected chi connectivity index (χ1v) is 8.75. The molecule has 0 spiro atoms. The first kappa shape index (κ1) is 19.1. The topological polar surface area (TPSA) is 61.9 Å². The summed E-state index contributed by atoms with van der Waals surface area (Å²) in [5.41, 5.74) is 2.41. The molecule has 1 heterocycles. The minimum absolute atomic E-state index is 0.0730. The van der Waals surface area contributed by atoms with Gasteiger partial charge in [0.25, 0.3) is 5.91 Å². The van der Waals surface area contributed by atoms with Crippen LogP contribution in [0.5, 0.6) is 0 Å². The maximum atomic E-state index is 12.6. The summed E-state index contributed by atoms with van der Waals surface area (Å²) >= 11 is 0.